The van der Waals surface area contributed by atoms with E-state index < -0.39 is 0 Å². The Kier molecular flexibility index (Phi) is 5.07. The number of aromatic nitrogens is 6. The van der Waals surface area contributed by atoms with Crippen LogP contribution in [0.2, 0.25) is 0 Å². The fourth-order valence-corrected chi connectivity index (χ4v) is 2.96. The van der Waals surface area contributed by atoms with E-state index in [9.17, 15) is 4.79 Å². The van der Waals surface area contributed by atoms with Crippen molar-refractivity contribution in [3.8, 4) is 17.1 Å². The number of nitrogens with one attached hydrogen (secondary N) is 2. The van der Waals surface area contributed by atoms with Crippen molar-refractivity contribution in [1.82, 2.24) is 29.7 Å². The summed E-state index contributed by atoms with van der Waals surface area (Å²) in [6.07, 6.45) is 9.93. The maximum Gasteiger partial charge on any atom is 0.277 e. The van der Waals surface area contributed by atoms with Crippen LogP contribution in [0.5, 0.6) is 0 Å². The first kappa shape index (κ1) is 19.1. The molecule has 10 heteroatoms. The second kappa shape index (κ2) is 8.48. The highest BCUT2D eigenvalue weighted by Crippen LogP contribution is 2.21. The third-order valence-corrected chi connectivity index (χ3v) is 4.53. The predicted octanol–water partition coefficient (Wildman–Crippen LogP) is 3.71. The zero-order chi connectivity index (χ0) is 21.8. The van der Waals surface area contributed by atoms with Crippen LogP contribution in [-0.4, -0.2) is 35.6 Å². The fourth-order valence-electron chi connectivity index (χ4n) is 2.96. The molecule has 0 aliphatic rings. The van der Waals surface area contributed by atoms with Gasteiger partial charge in [0.2, 0.25) is 0 Å². The molecule has 10 nitrogen and oxygen atoms in total. The number of rotatable bonds is 6. The first-order valence-corrected chi connectivity index (χ1v) is 9.60. The molecule has 0 aliphatic carbocycles. The van der Waals surface area contributed by atoms with Crippen molar-refractivity contribution >= 4 is 23.1 Å². The lowest BCUT2D eigenvalue weighted by Gasteiger charge is -2.08. The molecule has 4 heterocycles. The molecule has 0 atom stereocenters. The summed E-state index contributed by atoms with van der Waals surface area (Å²) in [4.78, 5) is 29.0. The third-order valence-electron chi connectivity index (χ3n) is 4.53. The number of hydrogen-bond acceptors (Lipinski definition) is 8. The summed E-state index contributed by atoms with van der Waals surface area (Å²) in [5, 5.41) is 9.85. The van der Waals surface area contributed by atoms with E-state index in [0.29, 0.717) is 23.1 Å². The highest BCUT2D eigenvalue weighted by molar-refractivity contribution is 6.03. The molecule has 1 aromatic carbocycles. The summed E-state index contributed by atoms with van der Waals surface area (Å²) in [6, 6.07) is 14.2. The smallest absolute Gasteiger partial charge is 0.277 e. The van der Waals surface area contributed by atoms with Gasteiger partial charge in [0, 0.05) is 53.9 Å². The zero-order valence-corrected chi connectivity index (χ0v) is 16.6. The fraction of sp³-hybridized carbons (Fsp3) is 0. The zero-order valence-electron chi connectivity index (χ0n) is 16.6. The number of anilines is 3. The van der Waals surface area contributed by atoms with Gasteiger partial charge in [0.15, 0.2) is 11.5 Å². The first-order chi connectivity index (χ1) is 15.7. The first-order valence-electron chi connectivity index (χ1n) is 9.60. The number of carbonyl (C=O) groups excluding carboxylic acids is 1. The minimum absolute atomic E-state index is 0.180. The maximum atomic E-state index is 12.5. The number of amides is 1. The molecule has 0 fully saturated rings. The van der Waals surface area contributed by atoms with Crippen LogP contribution in [0.4, 0.5) is 17.2 Å². The number of hydrogen-bond donors (Lipinski definition) is 2. The van der Waals surface area contributed by atoms with Gasteiger partial charge in [-0.15, -0.1) is 0 Å². The molecule has 156 valence electrons. The molecule has 0 radical (unpaired) electrons. The van der Waals surface area contributed by atoms with Crippen molar-refractivity contribution in [2.24, 2.45) is 0 Å². The average Bonchev–Trinajstić information content (AvgIpc) is 3.54. The van der Waals surface area contributed by atoms with Crippen molar-refractivity contribution in [3.05, 3.63) is 91.7 Å². The molecule has 1 amide bonds. The predicted molar refractivity (Wildman–Crippen MR) is 117 cm³/mol. The Morgan fingerprint density at radius 3 is 2.62 bits per heavy atom. The number of imidazole rings is 1. The van der Waals surface area contributed by atoms with Crippen LogP contribution >= 0.6 is 0 Å². The summed E-state index contributed by atoms with van der Waals surface area (Å²) in [7, 11) is 0. The van der Waals surface area contributed by atoms with Gasteiger partial charge in [-0.2, -0.15) is 0 Å². The molecule has 0 spiro atoms. The van der Waals surface area contributed by atoms with Crippen LogP contribution in [0.3, 0.4) is 0 Å². The van der Waals surface area contributed by atoms with Crippen LogP contribution in [0.15, 0.2) is 90.5 Å². The molecule has 5 aromatic rings. The van der Waals surface area contributed by atoms with Gasteiger partial charge in [0.25, 0.3) is 5.91 Å². The van der Waals surface area contributed by atoms with Gasteiger partial charge < -0.3 is 15.2 Å². The van der Waals surface area contributed by atoms with E-state index in [-0.39, 0.29) is 11.6 Å². The monoisotopic (exact) mass is 424 g/mol. The molecule has 0 unspecified atom stereocenters. The quantitative estimate of drug-likeness (QED) is 0.423. The van der Waals surface area contributed by atoms with E-state index in [0.717, 1.165) is 11.3 Å². The topological polar surface area (TPSA) is 124 Å². The highest BCUT2D eigenvalue weighted by atomic mass is 16.5. The normalized spacial score (nSPS) is 10.6. The second-order valence-electron chi connectivity index (χ2n) is 6.71. The molecule has 0 bridgehead atoms. The SMILES string of the molecule is O=C(Nc1ccc(Nc2cc(-n3ccnc3)ncn2)cc1)c1cc(-c2cccnc2)on1. The van der Waals surface area contributed by atoms with Crippen LogP contribution < -0.4 is 10.6 Å². The summed E-state index contributed by atoms with van der Waals surface area (Å²) in [6.45, 7) is 0. The van der Waals surface area contributed by atoms with E-state index in [2.05, 4.69) is 35.7 Å². The Bertz CT molecular complexity index is 1330. The van der Waals surface area contributed by atoms with Crippen molar-refractivity contribution in [2.75, 3.05) is 10.6 Å². The number of carbonyl (C=O) groups is 1. The van der Waals surface area contributed by atoms with Crippen LogP contribution in [0, 0.1) is 0 Å². The van der Waals surface area contributed by atoms with Crippen LogP contribution in [0.25, 0.3) is 17.1 Å². The highest BCUT2D eigenvalue weighted by Gasteiger charge is 2.14. The molecule has 0 saturated heterocycles. The maximum absolute atomic E-state index is 12.5. The van der Waals surface area contributed by atoms with Crippen molar-refractivity contribution in [1.29, 1.82) is 0 Å². The van der Waals surface area contributed by atoms with E-state index in [1.807, 2.05) is 24.3 Å². The van der Waals surface area contributed by atoms with Crippen LogP contribution in [0.1, 0.15) is 10.5 Å². The molecule has 4 aromatic heterocycles. The van der Waals surface area contributed by atoms with Gasteiger partial charge >= 0.3 is 0 Å². The van der Waals surface area contributed by atoms with E-state index >= 15 is 0 Å². The summed E-state index contributed by atoms with van der Waals surface area (Å²) >= 11 is 0. The molecule has 0 aliphatic heterocycles. The third kappa shape index (κ3) is 4.19. The van der Waals surface area contributed by atoms with Gasteiger partial charge in [-0.3, -0.25) is 14.3 Å². The second-order valence-corrected chi connectivity index (χ2v) is 6.71. The standard InChI is InChI=1S/C22H16N8O2/c31-22(18-10-19(32-29-18)15-2-1-7-23-12-15)28-17-5-3-16(4-6-17)27-20-11-21(26-13-25-20)30-9-8-24-14-30/h1-14H,(H,28,31)(H,25,26,27). The van der Waals surface area contributed by atoms with Crippen molar-refractivity contribution in [3.63, 3.8) is 0 Å². The number of benzene rings is 1. The summed E-state index contributed by atoms with van der Waals surface area (Å²) in [5.74, 6) is 1.43. The lowest BCUT2D eigenvalue weighted by Crippen LogP contribution is -2.12. The molecule has 2 N–H and O–H groups in total. The summed E-state index contributed by atoms with van der Waals surface area (Å²) in [5.41, 5.74) is 2.35. The lowest BCUT2D eigenvalue weighted by atomic mass is 10.2. The van der Waals surface area contributed by atoms with E-state index in [1.165, 1.54) is 6.33 Å². The van der Waals surface area contributed by atoms with E-state index in [1.54, 1.807) is 59.9 Å². The van der Waals surface area contributed by atoms with Gasteiger partial charge in [-0.25, -0.2) is 15.0 Å². The number of nitrogens with zero attached hydrogens (tertiary/aromatic N) is 6. The van der Waals surface area contributed by atoms with Gasteiger partial charge in [-0.05, 0) is 36.4 Å². The Morgan fingerprint density at radius 1 is 0.969 bits per heavy atom. The number of pyridine rings is 1. The molecule has 32 heavy (non-hydrogen) atoms. The molecule has 5 rings (SSSR count). The Morgan fingerprint density at radius 2 is 1.84 bits per heavy atom. The van der Waals surface area contributed by atoms with Gasteiger partial charge in [0.05, 0.1) is 0 Å². The van der Waals surface area contributed by atoms with E-state index in [4.69, 9.17) is 4.52 Å². The Balaban J connectivity index is 1.24. The molecular formula is C22H16N8O2. The minimum atomic E-state index is -0.370. The largest absolute Gasteiger partial charge is 0.355 e. The Hall–Kier alpha value is -4.86. The van der Waals surface area contributed by atoms with Crippen LogP contribution in [-0.2, 0) is 0 Å². The van der Waals surface area contributed by atoms with Crippen molar-refractivity contribution in [2.45, 2.75) is 0 Å². The van der Waals surface area contributed by atoms with Gasteiger partial charge in [0.1, 0.15) is 24.3 Å². The summed E-state index contributed by atoms with van der Waals surface area (Å²) < 4.78 is 7.04. The van der Waals surface area contributed by atoms with Gasteiger partial charge in [-0.1, -0.05) is 5.16 Å². The Labute approximate surface area is 182 Å². The molecular weight excluding hydrogens is 408 g/mol. The lowest BCUT2D eigenvalue weighted by molar-refractivity contribution is 0.101. The molecule has 0 saturated carbocycles. The minimum Gasteiger partial charge on any atom is -0.355 e. The van der Waals surface area contributed by atoms with Crippen molar-refractivity contribution < 1.29 is 9.32 Å². The average molecular weight is 424 g/mol.